The molecule has 0 aromatic heterocycles. The minimum atomic E-state index is -1.06. The van der Waals surface area contributed by atoms with Gasteiger partial charge in [-0.05, 0) is 42.8 Å². The highest BCUT2D eigenvalue weighted by Gasteiger charge is 2.22. The lowest BCUT2D eigenvalue weighted by Gasteiger charge is -2.15. The Bertz CT molecular complexity index is 1090. The molecule has 3 aromatic carbocycles. The van der Waals surface area contributed by atoms with Crippen LogP contribution in [-0.2, 0) is 16.1 Å². The third kappa shape index (κ3) is 5.92. The van der Waals surface area contributed by atoms with Gasteiger partial charge in [-0.1, -0.05) is 41.9 Å². The van der Waals surface area contributed by atoms with Crippen LogP contribution in [0.4, 0.5) is 11.4 Å². The smallest absolute Gasteiger partial charge is 0.342 e. The summed E-state index contributed by atoms with van der Waals surface area (Å²) in [5.41, 5.74) is 7.66. The maximum absolute atomic E-state index is 12.5. The summed E-state index contributed by atoms with van der Waals surface area (Å²) in [7, 11) is 1.39. The molecule has 0 saturated carbocycles. The molecule has 166 valence electrons. The van der Waals surface area contributed by atoms with Gasteiger partial charge < -0.3 is 25.3 Å². The lowest BCUT2D eigenvalue weighted by molar-refractivity contribution is -0.123. The van der Waals surface area contributed by atoms with Crippen LogP contribution in [0, 0.1) is 0 Å². The van der Waals surface area contributed by atoms with E-state index in [9.17, 15) is 9.59 Å². The summed E-state index contributed by atoms with van der Waals surface area (Å²) >= 11 is 5.99. The molecule has 0 bridgehead atoms. The monoisotopic (exact) mass is 454 g/mol. The first-order valence-electron chi connectivity index (χ1n) is 9.79. The number of nitrogen functional groups attached to an aromatic ring is 1. The van der Waals surface area contributed by atoms with Gasteiger partial charge in [-0.25, -0.2) is 4.79 Å². The first-order valence-corrected chi connectivity index (χ1v) is 10.2. The summed E-state index contributed by atoms with van der Waals surface area (Å²) < 4.78 is 16.1. The minimum Gasteiger partial charge on any atom is -0.496 e. The predicted molar refractivity (Wildman–Crippen MR) is 123 cm³/mol. The molecule has 0 fully saturated rings. The Labute approximate surface area is 191 Å². The normalized spacial score (nSPS) is 11.3. The maximum atomic E-state index is 12.5. The number of anilines is 2. The van der Waals surface area contributed by atoms with Gasteiger partial charge in [0.1, 0.15) is 23.7 Å². The van der Waals surface area contributed by atoms with Crippen molar-refractivity contribution >= 4 is 34.9 Å². The quantitative estimate of drug-likeness (QED) is 0.378. The van der Waals surface area contributed by atoms with Crippen molar-refractivity contribution in [1.82, 2.24) is 0 Å². The van der Waals surface area contributed by atoms with E-state index in [1.807, 2.05) is 30.3 Å². The topological polar surface area (TPSA) is 99.9 Å². The van der Waals surface area contributed by atoms with Crippen LogP contribution in [0.15, 0.2) is 66.7 Å². The minimum absolute atomic E-state index is 0.0752. The molecule has 7 nitrogen and oxygen atoms in total. The summed E-state index contributed by atoms with van der Waals surface area (Å²) in [6.07, 6.45) is -1.06. The average Bonchev–Trinajstić information content (AvgIpc) is 2.80. The van der Waals surface area contributed by atoms with Gasteiger partial charge >= 0.3 is 5.97 Å². The fourth-order valence-electron chi connectivity index (χ4n) is 2.79. The first kappa shape index (κ1) is 23.0. The molecule has 0 spiro atoms. The Morgan fingerprint density at radius 3 is 2.41 bits per heavy atom. The van der Waals surface area contributed by atoms with Crippen molar-refractivity contribution < 1.29 is 23.8 Å². The van der Waals surface area contributed by atoms with Crippen molar-refractivity contribution in [2.45, 2.75) is 19.6 Å². The number of nitrogens with two attached hydrogens (primary N) is 1. The summed E-state index contributed by atoms with van der Waals surface area (Å²) in [5.74, 6) is -0.373. The Morgan fingerprint density at radius 2 is 1.75 bits per heavy atom. The van der Waals surface area contributed by atoms with Crippen LogP contribution in [0.5, 0.6) is 11.5 Å². The summed E-state index contributed by atoms with van der Waals surface area (Å²) in [6.45, 7) is 1.91. The number of halogens is 1. The van der Waals surface area contributed by atoms with E-state index in [4.69, 9.17) is 31.5 Å². The van der Waals surface area contributed by atoms with Crippen molar-refractivity contribution in [3.05, 3.63) is 82.9 Å². The number of ether oxygens (including phenoxy) is 3. The fraction of sp³-hybridized carbons (Fsp3) is 0.167. The van der Waals surface area contributed by atoms with Crippen LogP contribution < -0.4 is 20.5 Å². The molecule has 0 heterocycles. The van der Waals surface area contributed by atoms with Gasteiger partial charge in [0.25, 0.3) is 5.91 Å². The molecule has 0 radical (unpaired) electrons. The van der Waals surface area contributed by atoms with E-state index in [0.717, 1.165) is 5.56 Å². The number of esters is 1. The number of carbonyl (C=O) groups is 2. The number of carbonyl (C=O) groups excluding carboxylic acids is 2. The molecule has 0 aliphatic heterocycles. The van der Waals surface area contributed by atoms with Gasteiger partial charge in [0.15, 0.2) is 6.10 Å². The van der Waals surface area contributed by atoms with Crippen molar-refractivity contribution in [2.24, 2.45) is 0 Å². The molecule has 0 aliphatic carbocycles. The molecular formula is C24H23ClN2O5. The van der Waals surface area contributed by atoms with Crippen LogP contribution in [0.25, 0.3) is 0 Å². The second-order valence-electron chi connectivity index (χ2n) is 6.91. The lowest BCUT2D eigenvalue weighted by atomic mass is 10.2. The SMILES string of the molecule is COc1cc(N)c(Cl)cc1C(=O)OC(C)C(=O)Nc1ccc(OCc2ccccc2)cc1. The number of rotatable bonds is 8. The van der Waals surface area contributed by atoms with Gasteiger partial charge in [0, 0.05) is 11.8 Å². The summed E-state index contributed by atoms with van der Waals surface area (Å²) in [6, 6.07) is 19.5. The van der Waals surface area contributed by atoms with Crippen molar-refractivity contribution in [3.8, 4) is 11.5 Å². The largest absolute Gasteiger partial charge is 0.496 e. The Balaban J connectivity index is 1.56. The molecule has 8 heteroatoms. The molecule has 3 rings (SSSR count). The first-order chi connectivity index (χ1) is 15.4. The number of hydrogen-bond acceptors (Lipinski definition) is 6. The zero-order valence-electron chi connectivity index (χ0n) is 17.6. The molecule has 3 N–H and O–H groups in total. The molecular weight excluding hydrogens is 432 g/mol. The standard InChI is InChI=1S/C24H23ClN2O5/c1-15(32-24(29)19-12-20(25)21(26)13-22(19)30-2)23(28)27-17-8-10-18(11-9-17)31-14-16-6-4-3-5-7-16/h3-13,15H,14,26H2,1-2H3,(H,27,28). The van der Waals surface area contributed by atoms with Crippen LogP contribution in [0.2, 0.25) is 5.02 Å². The third-order valence-corrected chi connectivity index (χ3v) is 4.89. The molecule has 1 amide bonds. The van der Waals surface area contributed by atoms with Crippen LogP contribution in [-0.4, -0.2) is 25.1 Å². The fourth-order valence-corrected chi connectivity index (χ4v) is 2.96. The highest BCUT2D eigenvalue weighted by Crippen LogP contribution is 2.29. The molecule has 0 saturated heterocycles. The molecule has 3 aromatic rings. The third-order valence-electron chi connectivity index (χ3n) is 4.56. The number of benzene rings is 3. The predicted octanol–water partition coefficient (Wildman–Crippen LogP) is 4.69. The number of hydrogen-bond donors (Lipinski definition) is 2. The Kier molecular flexibility index (Phi) is 7.57. The highest BCUT2D eigenvalue weighted by molar-refractivity contribution is 6.33. The van der Waals surface area contributed by atoms with Crippen LogP contribution >= 0.6 is 11.6 Å². The van der Waals surface area contributed by atoms with E-state index < -0.39 is 18.0 Å². The molecule has 32 heavy (non-hydrogen) atoms. The van der Waals surface area contributed by atoms with Gasteiger partial charge in [0.2, 0.25) is 0 Å². The van der Waals surface area contributed by atoms with Gasteiger partial charge in [-0.3, -0.25) is 4.79 Å². The van der Waals surface area contributed by atoms with E-state index >= 15 is 0 Å². The van der Waals surface area contributed by atoms with Crippen LogP contribution in [0.3, 0.4) is 0 Å². The zero-order valence-corrected chi connectivity index (χ0v) is 18.4. The van der Waals surface area contributed by atoms with Crippen molar-refractivity contribution in [3.63, 3.8) is 0 Å². The summed E-state index contributed by atoms with van der Waals surface area (Å²) in [5, 5.41) is 2.88. The van der Waals surface area contributed by atoms with E-state index in [0.29, 0.717) is 18.0 Å². The lowest BCUT2D eigenvalue weighted by Crippen LogP contribution is -2.30. The van der Waals surface area contributed by atoms with E-state index in [2.05, 4.69) is 5.32 Å². The van der Waals surface area contributed by atoms with E-state index in [1.165, 1.54) is 26.2 Å². The number of nitrogens with one attached hydrogen (secondary N) is 1. The van der Waals surface area contributed by atoms with Crippen LogP contribution in [0.1, 0.15) is 22.8 Å². The maximum Gasteiger partial charge on any atom is 0.342 e. The second kappa shape index (κ2) is 10.5. The summed E-state index contributed by atoms with van der Waals surface area (Å²) in [4.78, 5) is 24.9. The number of amides is 1. The Morgan fingerprint density at radius 1 is 1.06 bits per heavy atom. The highest BCUT2D eigenvalue weighted by atomic mass is 35.5. The molecule has 1 atom stereocenters. The van der Waals surface area contributed by atoms with Gasteiger partial charge in [-0.15, -0.1) is 0 Å². The van der Waals surface area contributed by atoms with E-state index in [-0.39, 0.29) is 22.0 Å². The van der Waals surface area contributed by atoms with Crippen molar-refractivity contribution in [2.75, 3.05) is 18.2 Å². The van der Waals surface area contributed by atoms with Gasteiger partial charge in [0.05, 0.1) is 17.8 Å². The second-order valence-corrected chi connectivity index (χ2v) is 7.32. The average molecular weight is 455 g/mol. The Hall–Kier alpha value is -3.71. The van der Waals surface area contributed by atoms with E-state index in [1.54, 1.807) is 24.3 Å². The molecule has 0 aliphatic rings. The molecule has 1 unspecified atom stereocenters. The number of methoxy groups -OCH3 is 1. The van der Waals surface area contributed by atoms with Gasteiger partial charge in [-0.2, -0.15) is 0 Å². The zero-order chi connectivity index (χ0) is 23.1. The van der Waals surface area contributed by atoms with Crippen molar-refractivity contribution in [1.29, 1.82) is 0 Å².